The number of halogens is 2. The molecular weight excluding hydrogens is 428 g/mol. The van der Waals surface area contributed by atoms with E-state index in [1.165, 1.54) is 10.4 Å². The van der Waals surface area contributed by atoms with E-state index in [2.05, 4.69) is 116 Å². The summed E-state index contributed by atoms with van der Waals surface area (Å²) in [7, 11) is -5.79. The zero-order chi connectivity index (χ0) is 18.2. The van der Waals surface area contributed by atoms with Crippen molar-refractivity contribution < 1.29 is 0 Å². The predicted octanol–water partition coefficient (Wildman–Crippen LogP) is 5.41. The Hall–Kier alpha value is -0.139. The summed E-state index contributed by atoms with van der Waals surface area (Å²) < 4.78 is 0.0320. The van der Waals surface area contributed by atoms with Gasteiger partial charge in [-0.1, -0.05) is 116 Å². The molecule has 0 heterocycles. The lowest BCUT2D eigenvalue weighted by molar-refractivity contribution is 1.35. The highest BCUT2D eigenvalue weighted by atomic mass is 79.9. The molecule has 0 aliphatic rings. The molecule has 0 aliphatic heterocycles. The average Bonchev–Trinajstić information content (AvgIpc) is 2.53. The van der Waals surface area contributed by atoms with Gasteiger partial charge in [0.15, 0.2) is 0 Å². The number of alkyl halides is 1. The summed E-state index contributed by atoms with van der Waals surface area (Å²) in [6.45, 7) is 14.8. The average molecular weight is 456 g/mol. The summed E-state index contributed by atoms with van der Waals surface area (Å²) in [5, 5.41) is 2.64. The lowest BCUT2D eigenvalue weighted by Crippen LogP contribution is -2.82. The number of hydrogen-bond donors (Lipinski definition) is 0. The van der Waals surface area contributed by atoms with E-state index in [0.717, 1.165) is 0 Å². The molecule has 0 atom stereocenters. The normalized spacial score (nSPS) is 13.8. The molecule has 0 unspecified atom stereocenters. The summed E-state index contributed by atoms with van der Waals surface area (Å²) in [4.78, 5) is 0. The molecule has 0 aliphatic carbocycles. The van der Waals surface area contributed by atoms with Crippen LogP contribution < -0.4 is 10.4 Å². The Balaban J connectivity index is 2.90. The van der Waals surface area contributed by atoms with E-state index in [0.29, 0.717) is 0 Å². The van der Waals surface area contributed by atoms with Crippen molar-refractivity contribution in [2.24, 2.45) is 0 Å². The van der Waals surface area contributed by atoms with Crippen LogP contribution in [0.5, 0.6) is 0 Å². The van der Waals surface area contributed by atoms with Gasteiger partial charge >= 0.3 is 0 Å². The third kappa shape index (κ3) is 3.16. The molecule has 0 spiro atoms. The van der Waals surface area contributed by atoms with Crippen molar-refractivity contribution in [2.75, 3.05) is 0 Å². The summed E-state index contributed by atoms with van der Waals surface area (Å²) >= 11 is 12.2. The Morgan fingerprint density at radius 2 is 0.958 bits per heavy atom. The van der Waals surface area contributed by atoms with Crippen LogP contribution in [0.1, 0.15) is 0 Å². The minimum absolute atomic E-state index is 0.0320. The Bertz CT molecular complexity index is 622. The third-order valence-corrected chi connectivity index (χ3v) is 36.2. The predicted molar refractivity (Wildman–Crippen MR) is 122 cm³/mol. The van der Waals surface area contributed by atoms with E-state index in [1.54, 1.807) is 0 Å². The molecular formula is C19H28BrClSi3. The van der Waals surface area contributed by atoms with Gasteiger partial charge in [-0.15, -0.1) is 0 Å². The van der Waals surface area contributed by atoms with Gasteiger partial charge in [-0.2, -0.15) is 11.1 Å². The van der Waals surface area contributed by atoms with Crippen molar-refractivity contribution in [1.29, 1.82) is 0 Å². The first-order chi connectivity index (χ1) is 11.0. The zero-order valence-corrected chi connectivity index (χ0v) is 20.9. The van der Waals surface area contributed by atoms with Crippen LogP contribution in [0.4, 0.5) is 0 Å². The topological polar surface area (TPSA) is 0 Å². The standard InChI is InChI=1S/C19H28BrClSi3/c1-22(2,3)19(20,23(4,5)6)24(21,17-13-9-7-10-14-17)18-15-11-8-12-16-18/h7-16H,1-6H3. The summed E-state index contributed by atoms with van der Waals surface area (Å²) in [5.41, 5.74) is 0. The molecule has 5 heteroatoms. The third-order valence-electron chi connectivity index (χ3n) is 4.88. The van der Waals surface area contributed by atoms with Crippen LogP contribution in [0.2, 0.25) is 39.3 Å². The van der Waals surface area contributed by atoms with Crippen LogP contribution in [0.3, 0.4) is 0 Å². The molecule has 0 saturated carbocycles. The first kappa shape index (κ1) is 20.2. The zero-order valence-electron chi connectivity index (χ0n) is 15.5. The van der Waals surface area contributed by atoms with Gasteiger partial charge in [0.1, 0.15) is 0 Å². The maximum absolute atomic E-state index is 7.83. The van der Waals surface area contributed by atoms with Gasteiger partial charge in [0.2, 0.25) is 7.38 Å². The van der Waals surface area contributed by atoms with Gasteiger partial charge < -0.3 is 0 Å². The molecule has 2 aromatic carbocycles. The number of rotatable bonds is 5. The van der Waals surface area contributed by atoms with Crippen LogP contribution in [0, 0.1) is 0 Å². The van der Waals surface area contributed by atoms with E-state index >= 15 is 0 Å². The van der Waals surface area contributed by atoms with E-state index in [9.17, 15) is 0 Å². The lowest BCUT2D eigenvalue weighted by Gasteiger charge is -2.55. The Labute approximate surface area is 163 Å². The quantitative estimate of drug-likeness (QED) is 0.321. The monoisotopic (exact) mass is 454 g/mol. The second-order valence-corrected chi connectivity index (χ2v) is 28.9. The van der Waals surface area contributed by atoms with Crippen molar-refractivity contribution in [3.63, 3.8) is 0 Å². The second-order valence-electron chi connectivity index (χ2n) is 8.55. The fourth-order valence-corrected chi connectivity index (χ4v) is 32.7. The van der Waals surface area contributed by atoms with Crippen molar-refractivity contribution in [3.05, 3.63) is 60.7 Å². The minimum atomic E-state index is -2.51. The fraction of sp³-hybridized carbons (Fsp3) is 0.368. The highest BCUT2D eigenvalue weighted by Gasteiger charge is 2.65. The molecule has 0 saturated heterocycles. The highest BCUT2D eigenvalue weighted by molar-refractivity contribution is 9.12. The van der Waals surface area contributed by atoms with Crippen LogP contribution in [-0.2, 0) is 0 Å². The molecule has 0 radical (unpaired) electrons. The van der Waals surface area contributed by atoms with Gasteiger partial charge in [0.05, 0.1) is 16.1 Å². The molecule has 2 aromatic rings. The SMILES string of the molecule is C[Si](C)(C)C(Br)([Si](C)(C)C)[Si](Cl)(c1ccccc1)c1ccccc1. The summed E-state index contributed by atoms with van der Waals surface area (Å²) in [6, 6.07) is 21.6. The smallest absolute Gasteiger partial charge is 0.154 e. The van der Waals surface area contributed by atoms with Crippen molar-refractivity contribution in [1.82, 2.24) is 0 Å². The second kappa shape index (κ2) is 6.88. The molecule has 130 valence electrons. The van der Waals surface area contributed by atoms with Gasteiger partial charge in [0.25, 0.3) is 0 Å². The number of hydrogen-bond acceptors (Lipinski definition) is 0. The molecule has 24 heavy (non-hydrogen) atoms. The summed E-state index contributed by atoms with van der Waals surface area (Å²) in [6.07, 6.45) is 0. The van der Waals surface area contributed by atoms with Crippen LogP contribution in [0.25, 0.3) is 0 Å². The van der Waals surface area contributed by atoms with Gasteiger partial charge in [-0.05, 0) is 10.4 Å². The highest BCUT2D eigenvalue weighted by Crippen LogP contribution is 2.47. The van der Waals surface area contributed by atoms with E-state index in [4.69, 9.17) is 11.1 Å². The Kier molecular flexibility index (Phi) is 5.78. The van der Waals surface area contributed by atoms with Crippen LogP contribution >= 0.6 is 27.0 Å². The molecule has 0 bridgehead atoms. The van der Waals surface area contributed by atoms with Gasteiger partial charge in [0, 0.05) is 3.19 Å². The van der Waals surface area contributed by atoms with Crippen molar-refractivity contribution >= 4 is 60.9 Å². The summed E-state index contributed by atoms with van der Waals surface area (Å²) in [5.74, 6) is 0. The maximum Gasteiger partial charge on any atom is 0.228 e. The van der Waals surface area contributed by atoms with E-state index in [1.807, 2.05) is 0 Å². The molecule has 0 nitrogen and oxygen atoms in total. The molecule has 0 amide bonds. The Morgan fingerprint density at radius 1 is 0.667 bits per heavy atom. The molecule has 2 rings (SSSR count). The fourth-order valence-electron chi connectivity index (χ4n) is 4.06. The van der Waals surface area contributed by atoms with Crippen molar-refractivity contribution in [2.45, 2.75) is 42.5 Å². The van der Waals surface area contributed by atoms with Gasteiger partial charge in [-0.25, -0.2) is 0 Å². The van der Waals surface area contributed by atoms with Crippen molar-refractivity contribution in [3.8, 4) is 0 Å². The van der Waals surface area contributed by atoms with E-state index in [-0.39, 0.29) is 3.19 Å². The molecule has 0 fully saturated rings. The first-order valence-electron chi connectivity index (χ1n) is 8.45. The van der Waals surface area contributed by atoms with E-state index < -0.39 is 23.5 Å². The molecule has 0 aromatic heterocycles. The largest absolute Gasteiger partial charge is 0.228 e. The minimum Gasteiger partial charge on any atom is -0.154 e. The van der Waals surface area contributed by atoms with Gasteiger partial charge in [-0.3, -0.25) is 0 Å². The van der Waals surface area contributed by atoms with Crippen LogP contribution in [-0.4, -0.2) is 26.7 Å². The van der Waals surface area contributed by atoms with Crippen LogP contribution in [0.15, 0.2) is 60.7 Å². The molecule has 0 N–H and O–H groups in total. The Morgan fingerprint density at radius 3 is 1.21 bits per heavy atom. The first-order valence-corrected chi connectivity index (χ1v) is 19.3. The lowest BCUT2D eigenvalue weighted by atomic mass is 10.4. The number of benzene rings is 2. The maximum atomic E-state index is 7.83.